The minimum atomic E-state index is -0.447. The number of halogens is 1. The van der Waals surface area contributed by atoms with Gasteiger partial charge >= 0.3 is 0 Å². The molecule has 6 nitrogen and oxygen atoms in total. The summed E-state index contributed by atoms with van der Waals surface area (Å²) >= 11 is 4.61. The standard InChI is InChI=1S/C14H16BrN3O3S/c1-21-7-6-16-14-18-13(20)11(22-14)8-12(19)17-10-4-2-9(15)3-5-10/h2-5,11H,6-8H2,1H3,(H,17,19)(H,16,18,20)/t11-/m1/s1. The Morgan fingerprint density at radius 3 is 2.86 bits per heavy atom. The SMILES string of the molecule is COCCN=C1NC(=O)[C@@H](CC(=O)Nc2ccc(Br)cc2)S1. The molecule has 0 aromatic heterocycles. The number of carbonyl (C=O) groups excluding carboxylic acids is 2. The van der Waals surface area contributed by atoms with E-state index in [1.54, 1.807) is 19.2 Å². The average Bonchev–Trinajstić information content (AvgIpc) is 2.82. The molecule has 1 aliphatic rings. The van der Waals surface area contributed by atoms with Crippen LogP contribution in [0.1, 0.15) is 6.42 Å². The third-order valence-corrected chi connectivity index (χ3v) is 4.47. The molecule has 2 N–H and O–H groups in total. The van der Waals surface area contributed by atoms with E-state index in [-0.39, 0.29) is 18.2 Å². The maximum Gasteiger partial charge on any atom is 0.240 e. The lowest BCUT2D eigenvalue weighted by atomic mass is 10.2. The van der Waals surface area contributed by atoms with Gasteiger partial charge in [-0.15, -0.1) is 0 Å². The predicted molar refractivity (Wildman–Crippen MR) is 91.1 cm³/mol. The molecular formula is C14H16BrN3O3S. The lowest BCUT2D eigenvalue weighted by molar-refractivity contribution is -0.122. The van der Waals surface area contributed by atoms with Crippen molar-refractivity contribution in [2.75, 3.05) is 25.6 Å². The number of hydrogen-bond acceptors (Lipinski definition) is 5. The number of hydrogen-bond donors (Lipinski definition) is 2. The average molecular weight is 386 g/mol. The van der Waals surface area contributed by atoms with E-state index in [0.29, 0.717) is 24.0 Å². The molecule has 0 spiro atoms. The summed E-state index contributed by atoms with van der Waals surface area (Å²) in [6.45, 7) is 0.978. The Balaban J connectivity index is 1.85. The van der Waals surface area contributed by atoms with Crippen molar-refractivity contribution in [1.82, 2.24) is 5.32 Å². The Hall–Kier alpha value is -1.38. The third-order valence-electron chi connectivity index (χ3n) is 2.83. The number of anilines is 1. The van der Waals surface area contributed by atoms with Crippen LogP contribution in [0.3, 0.4) is 0 Å². The van der Waals surface area contributed by atoms with Crippen LogP contribution >= 0.6 is 27.7 Å². The molecule has 1 aromatic carbocycles. The number of amidine groups is 1. The second-order valence-electron chi connectivity index (χ2n) is 4.53. The van der Waals surface area contributed by atoms with E-state index < -0.39 is 5.25 Å². The Morgan fingerprint density at radius 2 is 2.18 bits per heavy atom. The molecule has 1 aromatic rings. The number of nitrogens with one attached hydrogen (secondary N) is 2. The predicted octanol–water partition coefficient (Wildman–Crippen LogP) is 2.01. The van der Waals surface area contributed by atoms with Crippen molar-refractivity contribution in [1.29, 1.82) is 0 Å². The van der Waals surface area contributed by atoms with Gasteiger partial charge in [-0.3, -0.25) is 14.6 Å². The fraction of sp³-hybridized carbons (Fsp3) is 0.357. The van der Waals surface area contributed by atoms with E-state index in [0.717, 1.165) is 4.47 Å². The molecule has 0 unspecified atom stereocenters. The van der Waals surface area contributed by atoms with E-state index in [2.05, 4.69) is 31.6 Å². The van der Waals surface area contributed by atoms with Gasteiger partial charge in [0.2, 0.25) is 11.8 Å². The van der Waals surface area contributed by atoms with E-state index in [4.69, 9.17) is 4.74 Å². The highest BCUT2D eigenvalue weighted by molar-refractivity contribution is 9.10. The highest BCUT2D eigenvalue weighted by atomic mass is 79.9. The highest BCUT2D eigenvalue weighted by Gasteiger charge is 2.31. The number of rotatable bonds is 6. The summed E-state index contributed by atoms with van der Waals surface area (Å²) in [7, 11) is 1.59. The fourth-order valence-corrected chi connectivity index (χ4v) is 3.03. The number of amides is 2. The maximum atomic E-state index is 12.0. The Bertz CT molecular complexity index is 577. The van der Waals surface area contributed by atoms with Gasteiger partial charge in [0.05, 0.1) is 13.2 Å². The lowest BCUT2D eigenvalue weighted by Crippen LogP contribution is -2.28. The topological polar surface area (TPSA) is 79.8 Å². The van der Waals surface area contributed by atoms with Gasteiger partial charge < -0.3 is 15.4 Å². The second-order valence-corrected chi connectivity index (χ2v) is 6.64. The van der Waals surface area contributed by atoms with Crippen LogP contribution in [-0.4, -0.2) is 42.5 Å². The lowest BCUT2D eigenvalue weighted by Gasteiger charge is -2.07. The fourth-order valence-electron chi connectivity index (χ4n) is 1.77. The van der Waals surface area contributed by atoms with Gasteiger partial charge in [0.1, 0.15) is 5.25 Å². The second kappa shape index (κ2) is 8.30. The largest absolute Gasteiger partial charge is 0.383 e. The zero-order valence-electron chi connectivity index (χ0n) is 12.0. The van der Waals surface area contributed by atoms with Gasteiger partial charge in [-0.2, -0.15) is 0 Å². The van der Waals surface area contributed by atoms with Crippen molar-refractivity contribution in [2.45, 2.75) is 11.7 Å². The van der Waals surface area contributed by atoms with Crippen molar-refractivity contribution in [3.8, 4) is 0 Å². The zero-order chi connectivity index (χ0) is 15.9. The highest BCUT2D eigenvalue weighted by Crippen LogP contribution is 2.23. The summed E-state index contributed by atoms with van der Waals surface area (Å²) in [5.74, 6) is -0.389. The smallest absolute Gasteiger partial charge is 0.240 e. The molecule has 0 aliphatic carbocycles. The van der Waals surface area contributed by atoms with Crippen LogP contribution in [0.15, 0.2) is 33.7 Å². The number of benzene rings is 1. The summed E-state index contributed by atoms with van der Waals surface area (Å²) in [4.78, 5) is 28.0. The summed E-state index contributed by atoms with van der Waals surface area (Å²) in [6.07, 6.45) is 0.107. The van der Waals surface area contributed by atoms with Gasteiger partial charge in [-0.25, -0.2) is 0 Å². The first-order valence-electron chi connectivity index (χ1n) is 6.65. The van der Waals surface area contributed by atoms with Gasteiger partial charge in [0.15, 0.2) is 5.17 Å². The van der Waals surface area contributed by atoms with Crippen LogP contribution in [-0.2, 0) is 14.3 Å². The Morgan fingerprint density at radius 1 is 1.45 bits per heavy atom. The molecule has 2 amide bonds. The van der Waals surface area contributed by atoms with Crippen LogP contribution in [0.5, 0.6) is 0 Å². The van der Waals surface area contributed by atoms with Gasteiger partial charge in [0, 0.05) is 23.7 Å². The monoisotopic (exact) mass is 385 g/mol. The normalized spacial score (nSPS) is 19.3. The zero-order valence-corrected chi connectivity index (χ0v) is 14.4. The summed E-state index contributed by atoms with van der Waals surface area (Å²) in [5, 5.41) is 5.54. The van der Waals surface area contributed by atoms with E-state index >= 15 is 0 Å². The van der Waals surface area contributed by atoms with Crippen LogP contribution in [0.25, 0.3) is 0 Å². The first-order chi connectivity index (χ1) is 10.6. The van der Waals surface area contributed by atoms with Gasteiger partial charge in [-0.1, -0.05) is 27.7 Å². The number of aliphatic imine (C=N–C) groups is 1. The van der Waals surface area contributed by atoms with Crippen molar-refractivity contribution in [3.63, 3.8) is 0 Å². The molecule has 118 valence electrons. The number of thioether (sulfide) groups is 1. The van der Waals surface area contributed by atoms with Crippen molar-refractivity contribution in [2.24, 2.45) is 4.99 Å². The molecule has 0 saturated carbocycles. The van der Waals surface area contributed by atoms with Crippen LogP contribution in [0.4, 0.5) is 5.69 Å². The molecule has 0 radical (unpaired) electrons. The molecule has 8 heteroatoms. The number of carbonyl (C=O) groups is 2. The molecule has 2 rings (SSSR count). The molecule has 1 fully saturated rings. The summed E-state index contributed by atoms with van der Waals surface area (Å²) in [5.41, 5.74) is 0.700. The Labute approximate surface area is 141 Å². The molecule has 1 heterocycles. The van der Waals surface area contributed by atoms with Crippen molar-refractivity contribution < 1.29 is 14.3 Å². The van der Waals surface area contributed by atoms with Crippen molar-refractivity contribution >= 4 is 50.4 Å². The first-order valence-corrected chi connectivity index (χ1v) is 8.32. The number of ether oxygens (including phenoxy) is 1. The molecule has 22 heavy (non-hydrogen) atoms. The number of nitrogens with zero attached hydrogens (tertiary/aromatic N) is 1. The van der Waals surface area contributed by atoms with Crippen molar-refractivity contribution in [3.05, 3.63) is 28.7 Å². The van der Waals surface area contributed by atoms with Gasteiger partial charge in [0.25, 0.3) is 0 Å². The Kier molecular flexibility index (Phi) is 6.41. The van der Waals surface area contributed by atoms with Gasteiger partial charge in [-0.05, 0) is 24.3 Å². The minimum absolute atomic E-state index is 0.107. The molecule has 1 saturated heterocycles. The molecule has 1 atom stereocenters. The maximum absolute atomic E-state index is 12.0. The quantitative estimate of drug-likeness (QED) is 0.734. The summed E-state index contributed by atoms with van der Waals surface area (Å²) < 4.78 is 5.84. The van der Waals surface area contributed by atoms with Crippen LogP contribution < -0.4 is 10.6 Å². The van der Waals surface area contributed by atoms with E-state index in [1.165, 1.54) is 11.8 Å². The first kappa shape index (κ1) is 17.0. The number of methoxy groups -OCH3 is 1. The van der Waals surface area contributed by atoms with E-state index in [9.17, 15) is 9.59 Å². The summed E-state index contributed by atoms with van der Waals surface area (Å²) in [6, 6.07) is 7.27. The molecule has 1 aliphatic heterocycles. The van der Waals surface area contributed by atoms with Crippen LogP contribution in [0, 0.1) is 0 Å². The van der Waals surface area contributed by atoms with E-state index in [1.807, 2.05) is 12.1 Å². The molecule has 0 bridgehead atoms. The minimum Gasteiger partial charge on any atom is -0.383 e. The molecular weight excluding hydrogens is 370 g/mol. The van der Waals surface area contributed by atoms with Crippen LogP contribution in [0.2, 0.25) is 0 Å². The third kappa shape index (κ3) is 5.11.